The minimum absolute atomic E-state index is 0.0645. The maximum absolute atomic E-state index is 11.9. The summed E-state index contributed by atoms with van der Waals surface area (Å²) in [5.41, 5.74) is 0. The quantitative estimate of drug-likeness (QED) is 0.671. The van der Waals surface area contributed by atoms with Gasteiger partial charge in [-0.2, -0.15) is 9.90 Å². The zero-order valence-electron chi connectivity index (χ0n) is 13.7. The maximum atomic E-state index is 11.9. The average Bonchev–Trinajstić information content (AvgIpc) is 2.94. The van der Waals surface area contributed by atoms with Gasteiger partial charge in [0.05, 0.1) is 12.8 Å². The second kappa shape index (κ2) is 8.59. The lowest BCUT2D eigenvalue weighted by molar-refractivity contribution is -0.144. The Kier molecular flexibility index (Phi) is 6.48. The molecule has 0 saturated carbocycles. The molecule has 0 radical (unpaired) electrons. The third-order valence-electron chi connectivity index (χ3n) is 3.63. The first-order chi connectivity index (χ1) is 11.1. The summed E-state index contributed by atoms with van der Waals surface area (Å²) in [6.45, 7) is 6.75. The van der Waals surface area contributed by atoms with Gasteiger partial charge in [-0.05, 0) is 14.0 Å². The van der Waals surface area contributed by atoms with E-state index >= 15 is 0 Å². The van der Waals surface area contributed by atoms with E-state index in [2.05, 4.69) is 32.4 Å². The summed E-state index contributed by atoms with van der Waals surface area (Å²) >= 11 is 0. The Labute approximate surface area is 135 Å². The Morgan fingerprint density at radius 1 is 1.30 bits per heavy atom. The number of rotatable bonds is 7. The average molecular weight is 324 g/mol. The van der Waals surface area contributed by atoms with Crippen LogP contribution in [0.25, 0.3) is 0 Å². The Morgan fingerprint density at radius 3 is 2.74 bits per heavy atom. The van der Waals surface area contributed by atoms with Crippen LogP contribution in [0.1, 0.15) is 13.3 Å². The van der Waals surface area contributed by atoms with Crippen molar-refractivity contribution < 1.29 is 14.3 Å². The number of hydrogen-bond donors (Lipinski definition) is 1. The van der Waals surface area contributed by atoms with Crippen LogP contribution in [0.3, 0.4) is 0 Å². The lowest BCUT2D eigenvalue weighted by Gasteiger charge is -2.32. The maximum Gasteiger partial charge on any atom is 0.329 e. The van der Waals surface area contributed by atoms with Crippen molar-refractivity contribution in [3.63, 3.8) is 0 Å². The molecular weight excluding hydrogens is 300 g/mol. The van der Waals surface area contributed by atoms with E-state index in [0.29, 0.717) is 18.8 Å². The van der Waals surface area contributed by atoms with E-state index < -0.39 is 5.97 Å². The standard InChI is InChI=1S/C14H24N6O3/c1-3-23-14(22)11-20-15-10-12(17-20)16-13(21)4-5-19-8-6-18(2)7-9-19/h10H,3-9,11H2,1-2H3,(H,16,17,21). The Morgan fingerprint density at radius 2 is 2.04 bits per heavy atom. The molecule has 1 aromatic heterocycles. The van der Waals surface area contributed by atoms with Crippen LogP contribution >= 0.6 is 0 Å². The number of likely N-dealkylation sites (N-methyl/N-ethyl adjacent to an activating group) is 1. The number of aromatic nitrogens is 3. The smallest absolute Gasteiger partial charge is 0.329 e. The van der Waals surface area contributed by atoms with Crippen molar-refractivity contribution in [1.29, 1.82) is 0 Å². The van der Waals surface area contributed by atoms with Crippen molar-refractivity contribution in [2.75, 3.05) is 51.7 Å². The van der Waals surface area contributed by atoms with Crippen molar-refractivity contribution in [3.05, 3.63) is 6.20 Å². The van der Waals surface area contributed by atoms with Gasteiger partial charge in [-0.3, -0.25) is 4.79 Å². The normalized spacial score (nSPS) is 16.3. The third-order valence-corrected chi connectivity index (χ3v) is 3.63. The first-order valence-corrected chi connectivity index (χ1v) is 7.83. The number of piperazine rings is 1. The molecule has 0 unspecified atom stereocenters. The number of nitrogens with one attached hydrogen (secondary N) is 1. The van der Waals surface area contributed by atoms with Gasteiger partial charge < -0.3 is 19.9 Å². The van der Waals surface area contributed by atoms with Gasteiger partial charge in [0.1, 0.15) is 0 Å². The number of anilines is 1. The van der Waals surface area contributed by atoms with Gasteiger partial charge in [0.2, 0.25) is 5.91 Å². The fourth-order valence-electron chi connectivity index (χ4n) is 2.29. The highest BCUT2D eigenvalue weighted by atomic mass is 16.5. The van der Waals surface area contributed by atoms with E-state index in [-0.39, 0.29) is 12.5 Å². The highest BCUT2D eigenvalue weighted by Crippen LogP contribution is 2.03. The largest absolute Gasteiger partial charge is 0.465 e. The number of esters is 1. The van der Waals surface area contributed by atoms with Gasteiger partial charge in [-0.1, -0.05) is 0 Å². The second-order valence-electron chi connectivity index (χ2n) is 5.51. The summed E-state index contributed by atoms with van der Waals surface area (Å²) in [5.74, 6) is -0.166. The molecule has 1 amide bonds. The summed E-state index contributed by atoms with van der Waals surface area (Å²) in [7, 11) is 2.10. The van der Waals surface area contributed by atoms with E-state index in [1.165, 1.54) is 11.0 Å². The van der Waals surface area contributed by atoms with E-state index in [9.17, 15) is 9.59 Å². The van der Waals surface area contributed by atoms with Gasteiger partial charge >= 0.3 is 5.97 Å². The van der Waals surface area contributed by atoms with E-state index in [1.807, 2.05) is 0 Å². The molecule has 0 bridgehead atoms. The number of carbonyl (C=O) groups excluding carboxylic acids is 2. The first kappa shape index (κ1) is 17.4. The minimum atomic E-state index is -0.406. The summed E-state index contributed by atoms with van der Waals surface area (Å²) in [4.78, 5) is 29.0. The van der Waals surface area contributed by atoms with Crippen molar-refractivity contribution in [3.8, 4) is 0 Å². The summed E-state index contributed by atoms with van der Waals surface area (Å²) in [5, 5.41) is 10.6. The molecular formula is C14H24N6O3. The van der Waals surface area contributed by atoms with Crippen molar-refractivity contribution >= 4 is 17.7 Å². The van der Waals surface area contributed by atoms with E-state index in [4.69, 9.17) is 4.74 Å². The van der Waals surface area contributed by atoms with Gasteiger partial charge in [0.25, 0.3) is 0 Å². The highest BCUT2D eigenvalue weighted by Gasteiger charge is 2.15. The monoisotopic (exact) mass is 324 g/mol. The summed E-state index contributed by atoms with van der Waals surface area (Å²) in [6.07, 6.45) is 1.83. The summed E-state index contributed by atoms with van der Waals surface area (Å²) < 4.78 is 4.81. The molecule has 9 heteroatoms. The van der Waals surface area contributed by atoms with Gasteiger partial charge in [-0.15, -0.1) is 5.10 Å². The van der Waals surface area contributed by atoms with Crippen LogP contribution < -0.4 is 5.32 Å². The second-order valence-corrected chi connectivity index (χ2v) is 5.51. The molecule has 1 aliphatic rings. The first-order valence-electron chi connectivity index (χ1n) is 7.83. The number of nitrogens with zero attached hydrogens (tertiary/aromatic N) is 5. The van der Waals surface area contributed by atoms with Crippen LogP contribution in [-0.2, 0) is 20.9 Å². The predicted octanol–water partition coefficient (Wildman–Crippen LogP) is -0.583. The fraction of sp³-hybridized carbons (Fsp3) is 0.714. The van der Waals surface area contributed by atoms with Crippen LogP contribution in [0.4, 0.5) is 5.82 Å². The zero-order chi connectivity index (χ0) is 16.7. The highest BCUT2D eigenvalue weighted by molar-refractivity contribution is 5.89. The Bertz CT molecular complexity index is 524. The molecule has 0 aliphatic carbocycles. The molecule has 23 heavy (non-hydrogen) atoms. The molecule has 1 saturated heterocycles. The fourth-order valence-corrected chi connectivity index (χ4v) is 2.29. The molecule has 128 valence electrons. The molecule has 1 aliphatic heterocycles. The van der Waals surface area contributed by atoms with Crippen LogP contribution in [0.2, 0.25) is 0 Å². The number of amides is 1. The van der Waals surface area contributed by atoms with Gasteiger partial charge in [0.15, 0.2) is 12.4 Å². The van der Waals surface area contributed by atoms with Crippen molar-refractivity contribution in [1.82, 2.24) is 24.8 Å². The molecule has 0 aromatic carbocycles. The molecule has 1 aromatic rings. The lowest BCUT2D eigenvalue weighted by atomic mass is 10.3. The molecule has 1 fully saturated rings. The number of hydrogen-bond acceptors (Lipinski definition) is 7. The van der Waals surface area contributed by atoms with E-state index in [1.54, 1.807) is 6.92 Å². The van der Waals surface area contributed by atoms with Crippen LogP contribution in [0, 0.1) is 0 Å². The van der Waals surface area contributed by atoms with Gasteiger partial charge in [-0.25, -0.2) is 4.79 Å². The van der Waals surface area contributed by atoms with Crippen LogP contribution in [-0.4, -0.2) is 83.0 Å². The molecule has 2 heterocycles. The predicted molar refractivity (Wildman–Crippen MR) is 83.8 cm³/mol. The van der Waals surface area contributed by atoms with Crippen molar-refractivity contribution in [2.24, 2.45) is 0 Å². The van der Waals surface area contributed by atoms with E-state index in [0.717, 1.165) is 32.7 Å². The SMILES string of the molecule is CCOC(=O)Cn1ncc(NC(=O)CCN2CCN(C)CC2)n1. The third kappa shape index (κ3) is 5.95. The molecule has 9 nitrogen and oxygen atoms in total. The lowest BCUT2D eigenvalue weighted by Crippen LogP contribution is -2.45. The Hall–Kier alpha value is -2.00. The number of ether oxygens (including phenoxy) is 1. The minimum Gasteiger partial charge on any atom is -0.465 e. The Balaban J connectivity index is 1.71. The van der Waals surface area contributed by atoms with Gasteiger partial charge in [0, 0.05) is 39.1 Å². The molecule has 0 spiro atoms. The van der Waals surface area contributed by atoms with Crippen LogP contribution in [0.5, 0.6) is 0 Å². The zero-order valence-corrected chi connectivity index (χ0v) is 13.7. The van der Waals surface area contributed by atoms with Crippen molar-refractivity contribution in [2.45, 2.75) is 19.9 Å². The summed E-state index contributed by atoms with van der Waals surface area (Å²) in [6, 6.07) is 0. The van der Waals surface area contributed by atoms with Crippen LogP contribution in [0.15, 0.2) is 6.20 Å². The number of carbonyl (C=O) groups is 2. The molecule has 0 atom stereocenters. The topological polar surface area (TPSA) is 92.6 Å². The molecule has 2 rings (SSSR count). The molecule has 1 N–H and O–H groups in total.